The number of hydrogen-bond acceptors (Lipinski definition) is 3. The maximum absolute atomic E-state index is 12.1. The second-order valence-corrected chi connectivity index (χ2v) is 6.77. The van der Waals surface area contributed by atoms with Crippen molar-refractivity contribution in [1.82, 2.24) is 0 Å². The molecular weight excluding hydrogens is 344 g/mol. The van der Waals surface area contributed by atoms with Gasteiger partial charge in [0.1, 0.15) is 0 Å². The summed E-state index contributed by atoms with van der Waals surface area (Å²) in [5.74, 6) is -0.375. The van der Waals surface area contributed by atoms with Crippen LogP contribution in [-0.2, 0) is 9.59 Å². The van der Waals surface area contributed by atoms with E-state index < -0.39 is 0 Å². The van der Waals surface area contributed by atoms with Crippen molar-refractivity contribution in [3.05, 3.63) is 77.7 Å². The summed E-state index contributed by atoms with van der Waals surface area (Å²) in [4.78, 5) is 25.4. The number of anilines is 2. The Hall–Kier alpha value is -3.18. The highest BCUT2D eigenvalue weighted by molar-refractivity contribution is 7.16. The summed E-state index contributed by atoms with van der Waals surface area (Å²) in [5, 5.41) is 5.48. The fraction of sp³-hybridized carbons (Fsp3) is 0.0476. The fourth-order valence-electron chi connectivity index (χ4n) is 2.42. The first-order chi connectivity index (χ1) is 12.6. The zero-order valence-electron chi connectivity index (χ0n) is 14.2. The molecule has 3 aromatic rings. The van der Waals surface area contributed by atoms with Crippen molar-refractivity contribution < 1.29 is 9.59 Å². The molecule has 0 spiro atoms. The van der Waals surface area contributed by atoms with Crippen molar-refractivity contribution >= 4 is 40.6 Å². The Kier molecular flexibility index (Phi) is 5.61. The zero-order chi connectivity index (χ0) is 18.4. The second-order valence-electron chi connectivity index (χ2n) is 5.65. The van der Waals surface area contributed by atoms with E-state index in [1.54, 1.807) is 41.7 Å². The van der Waals surface area contributed by atoms with Crippen molar-refractivity contribution in [3.8, 4) is 10.4 Å². The van der Waals surface area contributed by atoms with Crippen LogP contribution in [0.5, 0.6) is 0 Å². The van der Waals surface area contributed by atoms with Crippen LogP contribution in [0.15, 0.2) is 72.8 Å². The van der Waals surface area contributed by atoms with Crippen molar-refractivity contribution in [3.63, 3.8) is 0 Å². The van der Waals surface area contributed by atoms with E-state index in [9.17, 15) is 9.59 Å². The average Bonchev–Trinajstić information content (AvgIpc) is 3.09. The van der Waals surface area contributed by atoms with E-state index in [2.05, 4.69) is 28.8 Å². The summed E-state index contributed by atoms with van der Waals surface area (Å²) in [5.41, 5.74) is 2.43. The summed E-state index contributed by atoms with van der Waals surface area (Å²) < 4.78 is 0. The van der Waals surface area contributed by atoms with Gasteiger partial charge in [-0.25, -0.2) is 0 Å². The largest absolute Gasteiger partial charge is 0.326 e. The SMILES string of the molecule is CC(=O)Nc1cccc(NC(=O)/C=C/c2ccc(-c3ccccc3)s2)c1. The van der Waals surface area contributed by atoms with Crippen LogP contribution in [0.4, 0.5) is 11.4 Å². The molecule has 0 saturated heterocycles. The molecule has 0 unspecified atom stereocenters. The highest BCUT2D eigenvalue weighted by Gasteiger charge is 2.03. The monoisotopic (exact) mass is 362 g/mol. The number of nitrogens with one attached hydrogen (secondary N) is 2. The van der Waals surface area contributed by atoms with E-state index in [4.69, 9.17) is 0 Å². The molecule has 0 fully saturated rings. The number of rotatable bonds is 5. The average molecular weight is 362 g/mol. The van der Waals surface area contributed by atoms with E-state index in [1.165, 1.54) is 13.0 Å². The van der Waals surface area contributed by atoms with Gasteiger partial charge in [0.15, 0.2) is 0 Å². The molecule has 26 heavy (non-hydrogen) atoms. The van der Waals surface area contributed by atoms with Gasteiger partial charge in [-0.05, 0) is 42.0 Å². The molecule has 0 aliphatic rings. The molecule has 4 nitrogen and oxygen atoms in total. The molecule has 0 aliphatic heterocycles. The number of benzene rings is 2. The Morgan fingerprint density at radius 2 is 1.62 bits per heavy atom. The van der Waals surface area contributed by atoms with Gasteiger partial charge in [0, 0.05) is 34.1 Å². The quantitative estimate of drug-likeness (QED) is 0.626. The van der Waals surface area contributed by atoms with Gasteiger partial charge in [-0.15, -0.1) is 11.3 Å². The molecule has 1 aromatic heterocycles. The molecule has 0 aliphatic carbocycles. The minimum absolute atomic E-state index is 0.153. The minimum Gasteiger partial charge on any atom is -0.326 e. The van der Waals surface area contributed by atoms with E-state index in [0.717, 1.165) is 15.3 Å². The lowest BCUT2D eigenvalue weighted by molar-refractivity contribution is -0.114. The Morgan fingerprint density at radius 1 is 0.885 bits per heavy atom. The molecule has 0 radical (unpaired) electrons. The first kappa shape index (κ1) is 17.6. The van der Waals surface area contributed by atoms with Crippen molar-refractivity contribution in [2.24, 2.45) is 0 Å². The van der Waals surface area contributed by atoms with Crippen LogP contribution in [0.3, 0.4) is 0 Å². The van der Waals surface area contributed by atoms with Crippen LogP contribution in [0, 0.1) is 0 Å². The Morgan fingerprint density at radius 3 is 2.35 bits per heavy atom. The van der Waals surface area contributed by atoms with Crippen LogP contribution in [0.2, 0.25) is 0 Å². The first-order valence-electron chi connectivity index (χ1n) is 8.12. The summed E-state index contributed by atoms with van der Waals surface area (Å²) >= 11 is 1.63. The van der Waals surface area contributed by atoms with Crippen LogP contribution < -0.4 is 10.6 Å². The number of carbonyl (C=O) groups excluding carboxylic acids is 2. The number of thiophene rings is 1. The molecular formula is C21H18N2O2S. The molecule has 3 rings (SSSR count). The van der Waals surface area contributed by atoms with Gasteiger partial charge >= 0.3 is 0 Å². The smallest absolute Gasteiger partial charge is 0.248 e. The van der Waals surface area contributed by atoms with Gasteiger partial charge in [-0.2, -0.15) is 0 Å². The molecule has 0 bridgehead atoms. The summed E-state index contributed by atoms with van der Waals surface area (Å²) in [6.07, 6.45) is 3.30. The van der Waals surface area contributed by atoms with Gasteiger partial charge in [-0.1, -0.05) is 36.4 Å². The minimum atomic E-state index is -0.223. The van der Waals surface area contributed by atoms with Crippen molar-refractivity contribution in [2.45, 2.75) is 6.92 Å². The molecule has 0 saturated carbocycles. The molecule has 2 amide bonds. The van der Waals surface area contributed by atoms with Gasteiger partial charge in [0.2, 0.25) is 11.8 Å². The lowest BCUT2D eigenvalue weighted by atomic mass is 10.2. The molecule has 2 aromatic carbocycles. The predicted octanol–water partition coefficient (Wildman–Crippen LogP) is 5.03. The lowest BCUT2D eigenvalue weighted by Gasteiger charge is -2.06. The molecule has 5 heteroatoms. The molecule has 0 atom stereocenters. The second kappa shape index (κ2) is 8.27. The summed E-state index contributed by atoms with van der Waals surface area (Å²) in [6.45, 7) is 1.44. The highest BCUT2D eigenvalue weighted by Crippen LogP contribution is 2.28. The van der Waals surface area contributed by atoms with Crippen LogP contribution in [-0.4, -0.2) is 11.8 Å². The van der Waals surface area contributed by atoms with Gasteiger partial charge in [0.05, 0.1) is 0 Å². The van der Waals surface area contributed by atoms with Crippen molar-refractivity contribution in [2.75, 3.05) is 10.6 Å². The van der Waals surface area contributed by atoms with Gasteiger partial charge in [0.25, 0.3) is 0 Å². The molecule has 130 valence electrons. The third-order valence-corrected chi connectivity index (χ3v) is 4.63. The number of amides is 2. The van der Waals surface area contributed by atoms with E-state index >= 15 is 0 Å². The van der Waals surface area contributed by atoms with Crippen LogP contribution in [0.1, 0.15) is 11.8 Å². The normalized spacial score (nSPS) is 10.7. The molecule has 2 N–H and O–H groups in total. The Bertz CT molecular complexity index is 945. The van der Waals surface area contributed by atoms with Gasteiger partial charge in [-0.3, -0.25) is 9.59 Å². The molecule has 1 heterocycles. The highest BCUT2D eigenvalue weighted by atomic mass is 32.1. The van der Waals surface area contributed by atoms with E-state index in [-0.39, 0.29) is 11.8 Å². The summed E-state index contributed by atoms with van der Waals surface area (Å²) in [7, 11) is 0. The van der Waals surface area contributed by atoms with E-state index in [0.29, 0.717) is 11.4 Å². The van der Waals surface area contributed by atoms with Crippen LogP contribution >= 0.6 is 11.3 Å². The van der Waals surface area contributed by atoms with E-state index in [1.807, 2.05) is 24.3 Å². The maximum Gasteiger partial charge on any atom is 0.248 e. The van der Waals surface area contributed by atoms with Crippen molar-refractivity contribution in [1.29, 1.82) is 0 Å². The Balaban J connectivity index is 1.63. The zero-order valence-corrected chi connectivity index (χ0v) is 15.0. The lowest BCUT2D eigenvalue weighted by Crippen LogP contribution is -2.09. The predicted molar refractivity (Wildman–Crippen MR) is 108 cm³/mol. The maximum atomic E-state index is 12.1. The first-order valence-corrected chi connectivity index (χ1v) is 8.94. The summed E-state index contributed by atoms with van der Waals surface area (Å²) in [6, 6.07) is 21.2. The topological polar surface area (TPSA) is 58.2 Å². The fourth-order valence-corrected chi connectivity index (χ4v) is 3.34. The number of hydrogen-bond donors (Lipinski definition) is 2. The Labute approximate surface area is 156 Å². The number of carbonyl (C=O) groups is 2. The third kappa shape index (κ3) is 4.91. The third-order valence-electron chi connectivity index (χ3n) is 3.53. The van der Waals surface area contributed by atoms with Crippen LogP contribution in [0.25, 0.3) is 16.5 Å². The van der Waals surface area contributed by atoms with Gasteiger partial charge < -0.3 is 10.6 Å². The standard InChI is InChI=1S/C21H18N2O2S/c1-15(24)22-17-8-5-9-18(14-17)23-21(25)13-11-19-10-12-20(26-19)16-6-3-2-4-7-16/h2-14H,1H3,(H,22,24)(H,23,25)/b13-11+.